The Morgan fingerprint density at radius 2 is 1.18 bits per heavy atom. The van der Waals surface area contributed by atoms with Crippen LogP contribution in [0.25, 0.3) is 0 Å². The lowest BCUT2D eigenvalue weighted by atomic mass is 10.0. The molecule has 0 radical (unpaired) electrons. The Bertz CT molecular complexity index is 754. The van der Waals surface area contributed by atoms with Crippen LogP contribution in [0.15, 0.2) is 29.2 Å². The lowest BCUT2D eigenvalue weighted by Crippen LogP contribution is -2.44. The molecule has 1 N–H and O–H groups in total. The summed E-state index contributed by atoms with van der Waals surface area (Å²) in [6.45, 7) is 4.84. The molecular weight excluding hydrogens is 468 g/mol. The van der Waals surface area contributed by atoms with E-state index in [9.17, 15) is 13.2 Å². The van der Waals surface area contributed by atoms with Crippen molar-refractivity contribution in [3.8, 4) is 0 Å². The van der Waals surface area contributed by atoms with Crippen LogP contribution in [-0.2, 0) is 10.0 Å². The molecule has 34 heavy (non-hydrogen) atoms. The number of hydrogen-bond acceptors (Lipinski definition) is 3. The predicted octanol–water partition coefficient (Wildman–Crippen LogP) is 8.32. The third-order valence-corrected chi connectivity index (χ3v) is 8.17. The molecule has 0 aliphatic heterocycles. The zero-order valence-electron chi connectivity index (χ0n) is 21.5. The van der Waals surface area contributed by atoms with Gasteiger partial charge in [0.25, 0.3) is 10.0 Å². The number of hydrogen-bond donors (Lipinski definition) is 1. The highest BCUT2D eigenvalue weighted by atomic mass is 35.5. The largest absolute Gasteiger partial charge is 0.337 e. The molecule has 0 bridgehead atoms. The van der Waals surface area contributed by atoms with Gasteiger partial charge in [0.15, 0.2) is 0 Å². The molecular formula is C27H47ClN2O3S. The highest BCUT2D eigenvalue weighted by Gasteiger charge is 2.28. The van der Waals surface area contributed by atoms with Crippen LogP contribution in [0.1, 0.15) is 117 Å². The number of nitrogens with zero attached hydrogens (tertiary/aromatic N) is 1. The molecule has 0 saturated carbocycles. The molecule has 0 aromatic heterocycles. The SMILES string of the molecule is CCCCCCCCCCCCCCCCCN(C(=O)NCCC)S(=O)(=O)c1ccc(Cl)cc1. The first-order valence-corrected chi connectivity index (χ1v) is 15.3. The van der Waals surface area contributed by atoms with Crippen LogP contribution < -0.4 is 5.32 Å². The maximum Gasteiger partial charge on any atom is 0.331 e. The number of sulfonamides is 1. The Kier molecular flexibility index (Phi) is 17.2. The van der Waals surface area contributed by atoms with E-state index >= 15 is 0 Å². The van der Waals surface area contributed by atoms with Crippen LogP contribution in [0, 0.1) is 0 Å². The second kappa shape index (κ2) is 19.0. The zero-order valence-corrected chi connectivity index (χ0v) is 23.1. The van der Waals surface area contributed by atoms with Crippen molar-refractivity contribution < 1.29 is 13.2 Å². The number of halogens is 1. The number of amides is 2. The molecule has 1 rings (SSSR count). The van der Waals surface area contributed by atoms with Gasteiger partial charge in [-0.2, -0.15) is 0 Å². The van der Waals surface area contributed by atoms with Gasteiger partial charge in [0, 0.05) is 18.1 Å². The summed E-state index contributed by atoms with van der Waals surface area (Å²) < 4.78 is 27.1. The Balaban J connectivity index is 2.28. The van der Waals surface area contributed by atoms with E-state index in [1.165, 1.54) is 101 Å². The van der Waals surface area contributed by atoms with E-state index in [2.05, 4.69) is 12.2 Å². The fraction of sp³-hybridized carbons (Fsp3) is 0.741. The Morgan fingerprint density at radius 1 is 0.735 bits per heavy atom. The fourth-order valence-electron chi connectivity index (χ4n) is 4.01. The molecule has 0 fully saturated rings. The molecule has 1 aromatic rings. The number of unbranched alkanes of at least 4 members (excludes halogenated alkanes) is 14. The highest BCUT2D eigenvalue weighted by molar-refractivity contribution is 7.89. The van der Waals surface area contributed by atoms with E-state index in [1.54, 1.807) is 0 Å². The molecule has 196 valence electrons. The molecule has 0 atom stereocenters. The minimum absolute atomic E-state index is 0.0875. The lowest BCUT2D eigenvalue weighted by Gasteiger charge is -2.23. The van der Waals surface area contributed by atoms with Crippen molar-refractivity contribution in [2.24, 2.45) is 0 Å². The summed E-state index contributed by atoms with van der Waals surface area (Å²) in [5.74, 6) is 0. The maximum absolute atomic E-state index is 13.0. The van der Waals surface area contributed by atoms with Crippen molar-refractivity contribution in [2.45, 2.75) is 121 Å². The van der Waals surface area contributed by atoms with Crippen LogP contribution in [0.2, 0.25) is 5.02 Å². The molecule has 0 aliphatic carbocycles. The van der Waals surface area contributed by atoms with Crippen LogP contribution in [0.5, 0.6) is 0 Å². The van der Waals surface area contributed by atoms with Gasteiger partial charge in [0.1, 0.15) is 0 Å². The van der Waals surface area contributed by atoms with Gasteiger partial charge >= 0.3 is 6.03 Å². The van der Waals surface area contributed by atoms with E-state index in [0.717, 1.165) is 23.6 Å². The van der Waals surface area contributed by atoms with Crippen molar-refractivity contribution in [3.05, 3.63) is 29.3 Å². The van der Waals surface area contributed by atoms with Gasteiger partial charge in [-0.25, -0.2) is 17.5 Å². The van der Waals surface area contributed by atoms with Crippen LogP contribution in [-0.4, -0.2) is 31.8 Å². The minimum atomic E-state index is -3.90. The van der Waals surface area contributed by atoms with Gasteiger partial charge in [-0.05, 0) is 37.1 Å². The summed E-state index contributed by atoms with van der Waals surface area (Å²) >= 11 is 5.89. The normalized spacial score (nSPS) is 11.5. The van der Waals surface area contributed by atoms with Gasteiger partial charge in [-0.15, -0.1) is 0 Å². The quantitative estimate of drug-likeness (QED) is 0.178. The van der Waals surface area contributed by atoms with Gasteiger partial charge in [-0.3, -0.25) is 0 Å². The van der Waals surface area contributed by atoms with Crippen molar-refractivity contribution in [3.63, 3.8) is 0 Å². The van der Waals surface area contributed by atoms with Crippen LogP contribution in [0.3, 0.4) is 0 Å². The third-order valence-electron chi connectivity index (χ3n) is 6.12. The lowest BCUT2D eigenvalue weighted by molar-refractivity contribution is 0.222. The number of carbonyl (C=O) groups is 1. The zero-order chi connectivity index (χ0) is 25.1. The maximum atomic E-state index is 13.0. The highest BCUT2D eigenvalue weighted by Crippen LogP contribution is 2.20. The number of nitrogens with one attached hydrogen (secondary N) is 1. The molecule has 1 aromatic carbocycles. The first-order chi connectivity index (χ1) is 16.4. The number of rotatable bonds is 20. The molecule has 0 heterocycles. The molecule has 0 saturated heterocycles. The second-order valence-corrected chi connectivity index (χ2v) is 11.5. The summed E-state index contributed by atoms with van der Waals surface area (Å²) in [5.41, 5.74) is 0. The number of carbonyl (C=O) groups excluding carboxylic acids is 1. The van der Waals surface area contributed by atoms with Gasteiger partial charge < -0.3 is 5.32 Å². The predicted molar refractivity (Wildman–Crippen MR) is 144 cm³/mol. The van der Waals surface area contributed by atoms with Crippen molar-refractivity contribution in [2.75, 3.05) is 13.1 Å². The van der Waals surface area contributed by atoms with E-state index in [1.807, 2.05) is 6.92 Å². The summed E-state index contributed by atoms with van der Waals surface area (Å²) in [6, 6.07) is 5.41. The Morgan fingerprint density at radius 3 is 1.62 bits per heavy atom. The van der Waals surface area contributed by atoms with Crippen molar-refractivity contribution in [1.82, 2.24) is 9.62 Å². The average molecular weight is 515 g/mol. The molecule has 2 amide bonds. The van der Waals surface area contributed by atoms with Gasteiger partial charge in [0.2, 0.25) is 0 Å². The molecule has 7 heteroatoms. The number of urea groups is 1. The second-order valence-electron chi connectivity index (χ2n) is 9.21. The summed E-state index contributed by atoms with van der Waals surface area (Å²) in [4.78, 5) is 12.7. The van der Waals surface area contributed by atoms with E-state index in [4.69, 9.17) is 11.6 Å². The molecule has 0 unspecified atom stereocenters. The Labute approximate surface area is 214 Å². The van der Waals surface area contributed by atoms with E-state index in [0.29, 0.717) is 18.0 Å². The average Bonchev–Trinajstić information content (AvgIpc) is 2.82. The van der Waals surface area contributed by atoms with Crippen LogP contribution in [0.4, 0.5) is 4.79 Å². The first kappa shape index (κ1) is 30.8. The molecule has 5 nitrogen and oxygen atoms in total. The first-order valence-electron chi connectivity index (χ1n) is 13.5. The van der Waals surface area contributed by atoms with E-state index in [-0.39, 0.29) is 11.4 Å². The van der Waals surface area contributed by atoms with Crippen molar-refractivity contribution in [1.29, 1.82) is 0 Å². The standard InChI is InChI=1S/C27H47ClN2O3S/c1-3-5-6-7-8-9-10-11-12-13-14-15-16-17-18-24-30(27(31)29-23-4-2)34(32,33)26-21-19-25(28)20-22-26/h19-22H,3-18,23-24H2,1-2H3,(H,29,31). The minimum Gasteiger partial charge on any atom is -0.337 e. The van der Waals surface area contributed by atoms with Crippen molar-refractivity contribution >= 4 is 27.7 Å². The smallest absolute Gasteiger partial charge is 0.331 e. The topological polar surface area (TPSA) is 66.5 Å². The summed E-state index contributed by atoms with van der Waals surface area (Å²) in [7, 11) is -3.90. The summed E-state index contributed by atoms with van der Waals surface area (Å²) in [5, 5.41) is 3.17. The van der Waals surface area contributed by atoms with Gasteiger partial charge in [0.05, 0.1) is 4.90 Å². The molecule has 0 aliphatic rings. The number of benzene rings is 1. The van der Waals surface area contributed by atoms with Crippen LogP contribution >= 0.6 is 11.6 Å². The fourth-order valence-corrected chi connectivity index (χ4v) is 5.52. The van der Waals surface area contributed by atoms with Gasteiger partial charge in [-0.1, -0.05) is 115 Å². The third kappa shape index (κ3) is 13.0. The van der Waals surface area contributed by atoms with E-state index < -0.39 is 16.1 Å². The summed E-state index contributed by atoms with van der Waals surface area (Å²) in [6.07, 6.45) is 19.4. The molecule has 0 spiro atoms. The Hall–Kier alpha value is -1.27. The monoisotopic (exact) mass is 514 g/mol.